The summed E-state index contributed by atoms with van der Waals surface area (Å²) in [4.78, 5) is 14.7. The van der Waals surface area contributed by atoms with Crippen molar-refractivity contribution in [3.8, 4) is 11.8 Å². The lowest BCUT2D eigenvalue weighted by Gasteiger charge is -2.24. The van der Waals surface area contributed by atoms with E-state index in [4.69, 9.17) is 16.3 Å². The third kappa shape index (κ3) is 4.16. The molecule has 1 aliphatic heterocycles. The molecule has 26 heavy (non-hydrogen) atoms. The highest BCUT2D eigenvalue weighted by Gasteiger charge is 2.28. The summed E-state index contributed by atoms with van der Waals surface area (Å²) in [7, 11) is 1.65. The van der Waals surface area contributed by atoms with Crippen molar-refractivity contribution in [1.29, 1.82) is 5.26 Å². The molecule has 1 amide bonds. The first-order valence-corrected chi connectivity index (χ1v) is 8.86. The minimum atomic E-state index is -0.154. The zero-order valence-electron chi connectivity index (χ0n) is 14.5. The van der Waals surface area contributed by atoms with Crippen molar-refractivity contribution in [2.75, 3.05) is 25.5 Å². The lowest BCUT2D eigenvalue weighted by Crippen LogP contribution is -2.33. The predicted molar refractivity (Wildman–Crippen MR) is 101 cm³/mol. The average molecular weight is 370 g/mol. The molecule has 1 aliphatic rings. The molecular formula is C20H20ClN3O2. The molecule has 2 aromatic rings. The molecular weight excluding hydrogens is 350 g/mol. The lowest BCUT2D eigenvalue weighted by atomic mass is 10.0. The molecule has 0 bridgehead atoms. The van der Waals surface area contributed by atoms with Gasteiger partial charge in [-0.3, -0.25) is 9.69 Å². The van der Waals surface area contributed by atoms with Crippen molar-refractivity contribution in [3.63, 3.8) is 0 Å². The number of amides is 1. The standard InChI is InChI=1S/C20H20ClN3O2/c1-26-17-5-2-4-14(10-17)19-6-3-9-24(19)13-20(25)23-18-11-16(21)8-7-15(18)12-22/h2,4-5,7-8,10-11,19H,3,6,9,13H2,1H3,(H,23,25)/t19-/m1/s1. The third-order valence-electron chi connectivity index (χ3n) is 4.57. The number of carbonyl (C=O) groups excluding carboxylic acids is 1. The van der Waals surface area contributed by atoms with E-state index in [-0.39, 0.29) is 18.5 Å². The van der Waals surface area contributed by atoms with Gasteiger partial charge in [-0.05, 0) is 55.3 Å². The van der Waals surface area contributed by atoms with Crippen molar-refractivity contribution in [2.45, 2.75) is 18.9 Å². The number of methoxy groups -OCH3 is 1. The van der Waals surface area contributed by atoms with E-state index in [0.717, 1.165) is 30.7 Å². The Balaban J connectivity index is 1.70. The first-order chi connectivity index (χ1) is 12.6. The van der Waals surface area contributed by atoms with Crippen molar-refractivity contribution in [2.24, 2.45) is 0 Å². The van der Waals surface area contributed by atoms with E-state index in [1.165, 1.54) is 0 Å². The summed E-state index contributed by atoms with van der Waals surface area (Å²) in [6.07, 6.45) is 2.04. The van der Waals surface area contributed by atoms with E-state index in [2.05, 4.69) is 22.4 Å². The third-order valence-corrected chi connectivity index (χ3v) is 4.80. The molecule has 0 aromatic heterocycles. The van der Waals surface area contributed by atoms with Crippen LogP contribution in [0.5, 0.6) is 5.75 Å². The summed E-state index contributed by atoms with van der Waals surface area (Å²) >= 11 is 5.98. The van der Waals surface area contributed by atoms with Gasteiger partial charge >= 0.3 is 0 Å². The van der Waals surface area contributed by atoms with Gasteiger partial charge in [0.25, 0.3) is 0 Å². The molecule has 0 radical (unpaired) electrons. The predicted octanol–water partition coefficient (Wildman–Crippen LogP) is 4.00. The summed E-state index contributed by atoms with van der Waals surface area (Å²) in [5.74, 6) is 0.662. The minimum Gasteiger partial charge on any atom is -0.497 e. The number of nitrogens with one attached hydrogen (secondary N) is 1. The van der Waals surface area contributed by atoms with Crippen LogP contribution < -0.4 is 10.1 Å². The van der Waals surface area contributed by atoms with E-state index in [1.807, 2.05) is 18.2 Å². The fourth-order valence-corrected chi connectivity index (χ4v) is 3.51. The molecule has 6 heteroatoms. The van der Waals surface area contributed by atoms with Gasteiger partial charge in [0, 0.05) is 11.1 Å². The monoisotopic (exact) mass is 369 g/mol. The molecule has 1 N–H and O–H groups in total. The van der Waals surface area contributed by atoms with Crippen LogP contribution in [0, 0.1) is 11.3 Å². The topological polar surface area (TPSA) is 65.4 Å². The summed E-state index contributed by atoms with van der Waals surface area (Å²) in [5, 5.41) is 12.5. The molecule has 0 aliphatic carbocycles. The van der Waals surface area contributed by atoms with E-state index < -0.39 is 0 Å². The Hall–Kier alpha value is -2.55. The molecule has 1 atom stereocenters. The van der Waals surface area contributed by atoms with Crippen molar-refractivity contribution < 1.29 is 9.53 Å². The molecule has 134 valence electrons. The fraction of sp³-hybridized carbons (Fsp3) is 0.300. The van der Waals surface area contributed by atoms with Gasteiger partial charge in [0.05, 0.1) is 24.9 Å². The number of nitriles is 1. The van der Waals surface area contributed by atoms with Crippen LogP contribution in [0.15, 0.2) is 42.5 Å². The zero-order valence-corrected chi connectivity index (χ0v) is 15.3. The maximum absolute atomic E-state index is 12.5. The van der Waals surface area contributed by atoms with Gasteiger partial charge in [-0.25, -0.2) is 0 Å². The largest absolute Gasteiger partial charge is 0.497 e. The number of hydrogen-bond acceptors (Lipinski definition) is 4. The SMILES string of the molecule is COc1cccc([C@H]2CCCN2CC(=O)Nc2cc(Cl)ccc2C#N)c1. The van der Waals surface area contributed by atoms with Crippen LogP contribution in [0.2, 0.25) is 5.02 Å². The highest BCUT2D eigenvalue weighted by atomic mass is 35.5. The molecule has 3 rings (SSSR count). The Labute approximate surface area is 158 Å². The van der Waals surface area contributed by atoms with E-state index in [1.54, 1.807) is 25.3 Å². The second-order valence-electron chi connectivity index (χ2n) is 6.26. The van der Waals surface area contributed by atoms with Gasteiger partial charge in [-0.2, -0.15) is 5.26 Å². The highest BCUT2D eigenvalue weighted by Crippen LogP contribution is 2.33. The van der Waals surface area contributed by atoms with Crippen LogP contribution in [0.3, 0.4) is 0 Å². The smallest absolute Gasteiger partial charge is 0.238 e. The van der Waals surface area contributed by atoms with Crippen LogP contribution in [0.4, 0.5) is 5.69 Å². The number of benzene rings is 2. The second kappa shape index (κ2) is 8.22. The molecule has 0 unspecified atom stereocenters. The molecule has 0 spiro atoms. The molecule has 1 heterocycles. The number of nitrogens with zero attached hydrogens (tertiary/aromatic N) is 2. The van der Waals surface area contributed by atoms with Crippen LogP contribution in [0.1, 0.15) is 30.0 Å². The van der Waals surface area contributed by atoms with Gasteiger partial charge < -0.3 is 10.1 Å². The Kier molecular flexibility index (Phi) is 5.77. The van der Waals surface area contributed by atoms with Crippen LogP contribution >= 0.6 is 11.6 Å². The van der Waals surface area contributed by atoms with Crippen LogP contribution in [-0.4, -0.2) is 31.0 Å². The normalized spacial score (nSPS) is 16.9. The number of carbonyl (C=O) groups is 1. The molecule has 2 aromatic carbocycles. The number of halogens is 1. The number of hydrogen-bond donors (Lipinski definition) is 1. The lowest BCUT2D eigenvalue weighted by molar-refractivity contribution is -0.117. The van der Waals surface area contributed by atoms with Gasteiger partial charge in [0.15, 0.2) is 0 Å². The van der Waals surface area contributed by atoms with Crippen molar-refractivity contribution in [1.82, 2.24) is 4.90 Å². The Morgan fingerprint density at radius 3 is 3.00 bits per heavy atom. The number of anilines is 1. The highest BCUT2D eigenvalue weighted by molar-refractivity contribution is 6.31. The molecule has 0 saturated carbocycles. The minimum absolute atomic E-state index is 0.154. The second-order valence-corrected chi connectivity index (χ2v) is 6.69. The summed E-state index contributed by atoms with van der Waals surface area (Å²) in [6, 6.07) is 15.1. The van der Waals surface area contributed by atoms with Gasteiger partial charge in [-0.1, -0.05) is 23.7 Å². The van der Waals surface area contributed by atoms with Gasteiger partial charge in [-0.15, -0.1) is 0 Å². The van der Waals surface area contributed by atoms with Crippen molar-refractivity contribution in [3.05, 3.63) is 58.6 Å². The van der Waals surface area contributed by atoms with E-state index in [9.17, 15) is 10.1 Å². The molecule has 5 nitrogen and oxygen atoms in total. The van der Waals surface area contributed by atoms with E-state index in [0.29, 0.717) is 16.3 Å². The van der Waals surface area contributed by atoms with Crippen LogP contribution in [-0.2, 0) is 4.79 Å². The Morgan fingerprint density at radius 2 is 2.23 bits per heavy atom. The summed E-state index contributed by atoms with van der Waals surface area (Å²) in [5.41, 5.74) is 1.99. The maximum atomic E-state index is 12.5. The first kappa shape index (κ1) is 18.2. The first-order valence-electron chi connectivity index (χ1n) is 8.48. The van der Waals surface area contributed by atoms with Gasteiger partial charge in [0.2, 0.25) is 5.91 Å². The van der Waals surface area contributed by atoms with Crippen LogP contribution in [0.25, 0.3) is 0 Å². The maximum Gasteiger partial charge on any atom is 0.238 e. The number of likely N-dealkylation sites (tertiary alicyclic amines) is 1. The average Bonchev–Trinajstić information content (AvgIpc) is 3.10. The number of rotatable bonds is 5. The summed E-state index contributed by atoms with van der Waals surface area (Å²) < 4.78 is 5.31. The Bertz CT molecular complexity index is 847. The van der Waals surface area contributed by atoms with E-state index >= 15 is 0 Å². The number of ether oxygens (including phenoxy) is 1. The van der Waals surface area contributed by atoms with Crippen molar-refractivity contribution >= 4 is 23.2 Å². The fourth-order valence-electron chi connectivity index (χ4n) is 3.33. The quantitative estimate of drug-likeness (QED) is 0.865. The Morgan fingerprint density at radius 1 is 1.38 bits per heavy atom. The molecule has 1 fully saturated rings. The van der Waals surface area contributed by atoms with Gasteiger partial charge in [0.1, 0.15) is 11.8 Å². The molecule has 1 saturated heterocycles. The summed E-state index contributed by atoms with van der Waals surface area (Å²) in [6.45, 7) is 1.12. The zero-order chi connectivity index (χ0) is 18.5.